The molecule has 0 aliphatic heterocycles. The zero-order chi connectivity index (χ0) is 13.7. The van der Waals surface area contributed by atoms with Crippen molar-refractivity contribution >= 4 is 11.6 Å². The summed E-state index contributed by atoms with van der Waals surface area (Å²) in [7, 11) is 1.72. The molecule has 0 saturated heterocycles. The van der Waals surface area contributed by atoms with E-state index in [4.69, 9.17) is 22.1 Å². The van der Waals surface area contributed by atoms with Gasteiger partial charge in [0, 0.05) is 5.02 Å². The Morgan fingerprint density at radius 1 is 1.21 bits per heavy atom. The van der Waals surface area contributed by atoms with Crippen LogP contribution in [-0.4, -0.2) is 13.7 Å². The van der Waals surface area contributed by atoms with Crippen molar-refractivity contribution < 1.29 is 4.74 Å². The summed E-state index contributed by atoms with van der Waals surface area (Å²) in [5.41, 5.74) is 7.18. The second-order valence-corrected chi connectivity index (χ2v) is 5.99. The second-order valence-electron chi connectivity index (χ2n) is 5.55. The van der Waals surface area contributed by atoms with E-state index in [-0.39, 0.29) is 0 Å². The zero-order valence-electron chi connectivity index (χ0n) is 11.7. The number of methoxy groups -OCH3 is 1. The molecule has 1 aromatic carbocycles. The van der Waals surface area contributed by atoms with E-state index in [9.17, 15) is 0 Å². The van der Waals surface area contributed by atoms with E-state index < -0.39 is 0 Å². The van der Waals surface area contributed by atoms with Crippen LogP contribution in [0.1, 0.15) is 37.7 Å². The van der Waals surface area contributed by atoms with E-state index in [0.717, 1.165) is 23.7 Å². The first kappa shape index (κ1) is 14.7. The highest BCUT2D eigenvalue weighted by Gasteiger charge is 2.23. The third-order valence-corrected chi connectivity index (χ3v) is 4.58. The lowest BCUT2D eigenvalue weighted by Gasteiger charge is -2.24. The highest BCUT2D eigenvalue weighted by Crippen LogP contribution is 2.34. The third kappa shape index (κ3) is 3.87. The molecule has 2 N–H and O–H groups in total. The van der Waals surface area contributed by atoms with Crippen LogP contribution in [0.5, 0.6) is 5.75 Å². The van der Waals surface area contributed by atoms with Crippen LogP contribution in [0, 0.1) is 11.8 Å². The first-order valence-corrected chi connectivity index (χ1v) is 7.65. The van der Waals surface area contributed by atoms with Gasteiger partial charge in [0.25, 0.3) is 0 Å². The van der Waals surface area contributed by atoms with Crippen LogP contribution in [0.15, 0.2) is 18.2 Å². The van der Waals surface area contributed by atoms with Crippen LogP contribution in [0.3, 0.4) is 0 Å². The maximum absolute atomic E-state index is 6.11. The largest absolute Gasteiger partial charge is 0.496 e. The Bertz CT molecular complexity index is 408. The summed E-state index contributed by atoms with van der Waals surface area (Å²) in [6.07, 6.45) is 7.57. The van der Waals surface area contributed by atoms with E-state index in [1.165, 1.54) is 37.7 Å². The Labute approximate surface area is 121 Å². The third-order valence-electron chi connectivity index (χ3n) is 4.34. The van der Waals surface area contributed by atoms with Gasteiger partial charge in [-0.25, -0.2) is 0 Å². The molecule has 1 fully saturated rings. The number of rotatable bonds is 4. The van der Waals surface area contributed by atoms with E-state index in [2.05, 4.69) is 0 Å². The van der Waals surface area contributed by atoms with Crippen LogP contribution in [0.2, 0.25) is 5.02 Å². The molecule has 1 aliphatic carbocycles. The molecule has 1 aromatic rings. The lowest BCUT2D eigenvalue weighted by molar-refractivity contribution is 0.313. The molecule has 0 spiro atoms. The molecule has 0 heterocycles. The van der Waals surface area contributed by atoms with Crippen molar-refractivity contribution in [2.75, 3.05) is 13.7 Å². The van der Waals surface area contributed by atoms with Gasteiger partial charge < -0.3 is 10.5 Å². The number of hydrogen-bond donors (Lipinski definition) is 1. The molecule has 0 radical (unpaired) electrons. The lowest BCUT2D eigenvalue weighted by atomic mass is 9.83. The monoisotopic (exact) mass is 281 g/mol. The van der Waals surface area contributed by atoms with Crippen LogP contribution in [-0.2, 0) is 6.42 Å². The molecule has 3 heteroatoms. The summed E-state index contributed by atoms with van der Waals surface area (Å²) in [5.74, 6) is 2.26. The highest BCUT2D eigenvalue weighted by atomic mass is 35.5. The van der Waals surface area contributed by atoms with Crippen molar-refractivity contribution in [3.05, 3.63) is 28.8 Å². The summed E-state index contributed by atoms with van der Waals surface area (Å²) < 4.78 is 5.45. The van der Waals surface area contributed by atoms with Gasteiger partial charge in [-0.15, -0.1) is 0 Å². The van der Waals surface area contributed by atoms with Gasteiger partial charge in [-0.2, -0.15) is 0 Å². The predicted molar refractivity (Wildman–Crippen MR) is 80.8 cm³/mol. The van der Waals surface area contributed by atoms with Crippen molar-refractivity contribution in [1.29, 1.82) is 0 Å². The fourth-order valence-electron chi connectivity index (χ4n) is 3.23. The molecule has 2 nitrogen and oxygen atoms in total. The summed E-state index contributed by atoms with van der Waals surface area (Å²) >= 11 is 6.11. The molecule has 2 atom stereocenters. The molecule has 2 unspecified atom stereocenters. The molecule has 0 bridgehead atoms. The molecule has 1 aliphatic rings. The van der Waals surface area contributed by atoms with Crippen LogP contribution in [0.25, 0.3) is 0 Å². The van der Waals surface area contributed by atoms with Crippen molar-refractivity contribution in [2.45, 2.75) is 38.5 Å². The smallest absolute Gasteiger partial charge is 0.122 e. The molecular formula is C16H24ClNO. The first-order valence-electron chi connectivity index (χ1n) is 7.27. The first-order chi connectivity index (χ1) is 9.24. The molecule has 0 amide bonds. The number of benzene rings is 1. The van der Waals surface area contributed by atoms with Crippen LogP contribution in [0.4, 0.5) is 0 Å². The van der Waals surface area contributed by atoms with Gasteiger partial charge in [-0.05, 0) is 61.4 Å². The van der Waals surface area contributed by atoms with Gasteiger partial charge in [0.2, 0.25) is 0 Å². The number of halogens is 1. The molecule has 19 heavy (non-hydrogen) atoms. The quantitative estimate of drug-likeness (QED) is 0.845. The summed E-state index contributed by atoms with van der Waals surface area (Å²) in [6.45, 7) is 0.799. The van der Waals surface area contributed by atoms with Gasteiger partial charge in [-0.3, -0.25) is 0 Å². The normalized spacial score (nSPS) is 23.9. The average molecular weight is 282 g/mol. The molecule has 106 valence electrons. The highest BCUT2D eigenvalue weighted by molar-refractivity contribution is 6.30. The van der Waals surface area contributed by atoms with E-state index in [0.29, 0.717) is 11.8 Å². The fourth-order valence-corrected chi connectivity index (χ4v) is 3.42. The zero-order valence-corrected chi connectivity index (χ0v) is 12.5. The lowest BCUT2D eigenvalue weighted by Crippen LogP contribution is -2.24. The fraction of sp³-hybridized carbons (Fsp3) is 0.625. The minimum atomic E-state index is 0.645. The molecular weight excluding hydrogens is 258 g/mol. The van der Waals surface area contributed by atoms with E-state index >= 15 is 0 Å². The molecule has 2 rings (SSSR count). The second kappa shape index (κ2) is 7.16. The minimum absolute atomic E-state index is 0.645. The number of ether oxygens (including phenoxy) is 1. The maximum Gasteiger partial charge on any atom is 0.122 e. The Balaban J connectivity index is 2.15. The Kier molecular flexibility index (Phi) is 5.53. The number of nitrogens with two attached hydrogens (primary N) is 1. The standard InChI is InChI=1S/C16H24ClNO/c1-19-16-8-7-15(17)10-14(16)9-12-5-3-2-4-6-13(12)11-18/h7-8,10,12-13H,2-6,9,11,18H2,1H3. The predicted octanol–water partition coefficient (Wildman–Crippen LogP) is 4.05. The maximum atomic E-state index is 6.11. The van der Waals surface area contributed by atoms with E-state index in [1.54, 1.807) is 7.11 Å². The average Bonchev–Trinajstić information content (AvgIpc) is 2.64. The van der Waals surface area contributed by atoms with Crippen LogP contribution < -0.4 is 10.5 Å². The van der Waals surface area contributed by atoms with Gasteiger partial charge in [0.15, 0.2) is 0 Å². The summed E-state index contributed by atoms with van der Waals surface area (Å²) in [4.78, 5) is 0. The SMILES string of the molecule is COc1ccc(Cl)cc1CC1CCCCCC1CN. The van der Waals surface area contributed by atoms with Crippen LogP contribution >= 0.6 is 11.6 Å². The summed E-state index contributed by atoms with van der Waals surface area (Å²) in [5, 5.41) is 0.786. The summed E-state index contributed by atoms with van der Waals surface area (Å²) in [6, 6.07) is 5.89. The van der Waals surface area contributed by atoms with Crippen molar-refractivity contribution in [1.82, 2.24) is 0 Å². The topological polar surface area (TPSA) is 35.2 Å². The Morgan fingerprint density at radius 2 is 1.95 bits per heavy atom. The Hall–Kier alpha value is -0.730. The van der Waals surface area contributed by atoms with Gasteiger partial charge in [-0.1, -0.05) is 30.9 Å². The Morgan fingerprint density at radius 3 is 2.63 bits per heavy atom. The minimum Gasteiger partial charge on any atom is -0.496 e. The molecule has 0 aromatic heterocycles. The van der Waals surface area contributed by atoms with Crippen molar-refractivity contribution in [3.63, 3.8) is 0 Å². The molecule has 1 saturated carbocycles. The van der Waals surface area contributed by atoms with Gasteiger partial charge in [0.1, 0.15) is 5.75 Å². The number of hydrogen-bond acceptors (Lipinski definition) is 2. The van der Waals surface area contributed by atoms with E-state index in [1.807, 2.05) is 18.2 Å². The van der Waals surface area contributed by atoms with Crippen molar-refractivity contribution in [3.8, 4) is 5.75 Å². The van der Waals surface area contributed by atoms with Gasteiger partial charge >= 0.3 is 0 Å². The van der Waals surface area contributed by atoms with Gasteiger partial charge in [0.05, 0.1) is 7.11 Å². The van der Waals surface area contributed by atoms with Crippen molar-refractivity contribution in [2.24, 2.45) is 17.6 Å².